The maximum absolute atomic E-state index is 12.0. The van der Waals surface area contributed by atoms with E-state index in [1.165, 1.54) is 25.3 Å². The molecule has 0 radical (unpaired) electrons. The van der Waals surface area contributed by atoms with Gasteiger partial charge in [0, 0.05) is 7.11 Å². The fraction of sp³-hybridized carbons (Fsp3) is 0.417. The minimum atomic E-state index is -3.86. The fourth-order valence-corrected chi connectivity index (χ4v) is 2.63. The Morgan fingerprint density at radius 1 is 1.38 bits per heavy atom. The van der Waals surface area contributed by atoms with Crippen molar-refractivity contribution in [1.82, 2.24) is 4.72 Å². The van der Waals surface area contributed by atoms with Crippen LogP contribution in [-0.4, -0.2) is 41.4 Å². The zero-order chi connectivity index (χ0) is 15.9. The van der Waals surface area contributed by atoms with E-state index < -0.39 is 22.5 Å². The van der Waals surface area contributed by atoms with Gasteiger partial charge in [0.25, 0.3) is 0 Å². The Balaban J connectivity index is 2.79. The molecular weight excluding hydrogens is 322 g/mol. The van der Waals surface area contributed by atoms with E-state index in [2.05, 4.69) is 9.46 Å². The predicted octanol–water partition coefficient (Wildman–Crippen LogP) is 1.16. The third-order valence-electron chi connectivity index (χ3n) is 2.26. The number of sulfonamides is 1. The monoisotopic (exact) mass is 337 g/mol. The molecule has 118 valence electrons. The normalized spacial score (nSPS) is 11.2. The molecule has 0 saturated heterocycles. The van der Waals surface area contributed by atoms with Crippen molar-refractivity contribution in [3.63, 3.8) is 0 Å². The number of halogens is 1. The Bertz CT molecular complexity index is 589. The molecular formula is C12H16ClNO6S. The molecule has 0 aliphatic heterocycles. The summed E-state index contributed by atoms with van der Waals surface area (Å²) < 4.78 is 40.6. The van der Waals surface area contributed by atoms with Gasteiger partial charge < -0.3 is 14.2 Å². The minimum Gasteiger partial charge on any atom is -0.466 e. The van der Waals surface area contributed by atoms with Gasteiger partial charge >= 0.3 is 5.97 Å². The van der Waals surface area contributed by atoms with Crippen molar-refractivity contribution in [2.45, 2.75) is 11.8 Å². The van der Waals surface area contributed by atoms with E-state index in [0.29, 0.717) is 5.75 Å². The first-order valence-corrected chi connectivity index (χ1v) is 7.83. The number of benzene rings is 1. The molecule has 1 rings (SSSR count). The Morgan fingerprint density at radius 2 is 2.10 bits per heavy atom. The summed E-state index contributed by atoms with van der Waals surface area (Å²) in [5, 5.41) is 0.117. The van der Waals surface area contributed by atoms with E-state index >= 15 is 0 Å². The Morgan fingerprint density at radius 3 is 2.67 bits per heavy atom. The van der Waals surface area contributed by atoms with Gasteiger partial charge in [-0.25, -0.2) is 8.42 Å². The molecule has 7 nitrogen and oxygen atoms in total. The van der Waals surface area contributed by atoms with Crippen LogP contribution in [0.1, 0.15) is 6.92 Å². The van der Waals surface area contributed by atoms with E-state index in [4.69, 9.17) is 21.1 Å². The second kappa shape index (κ2) is 8.18. The highest BCUT2D eigenvalue weighted by atomic mass is 35.5. The van der Waals surface area contributed by atoms with Gasteiger partial charge in [0.2, 0.25) is 10.0 Å². The van der Waals surface area contributed by atoms with Crippen LogP contribution in [0.25, 0.3) is 0 Å². The van der Waals surface area contributed by atoms with Gasteiger partial charge in [-0.05, 0) is 25.1 Å². The number of rotatable bonds is 8. The minimum absolute atomic E-state index is 0.00702. The third-order valence-corrected chi connectivity index (χ3v) is 3.95. The zero-order valence-corrected chi connectivity index (χ0v) is 13.2. The molecule has 0 bridgehead atoms. The average molecular weight is 338 g/mol. The standard InChI is InChI=1S/C12H16ClNO6S/c1-3-19-12(15)7-14-21(16,17)9-4-5-11(10(13)6-9)20-8-18-2/h4-6,14H,3,7-8H2,1-2H3. The molecule has 9 heteroatoms. The second-order valence-corrected chi connectivity index (χ2v) is 5.95. The number of esters is 1. The number of hydrogen-bond donors (Lipinski definition) is 1. The zero-order valence-electron chi connectivity index (χ0n) is 11.6. The lowest BCUT2D eigenvalue weighted by molar-refractivity contribution is -0.141. The van der Waals surface area contributed by atoms with Crippen LogP contribution in [0.5, 0.6) is 5.75 Å². The molecule has 0 saturated carbocycles. The number of hydrogen-bond acceptors (Lipinski definition) is 6. The van der Waals surface area contributed by atoms with Crippen molar-refractivity contribution in [2.75, 3.05) is 27.1 Å². The fourth-order valence-electron chi connectivity index (χ4n) is 1.34. The molecule has 0 unspecified atom stereocenters. The summed E-state index contributed by atoms with van der Waals surface area (Å²) in [5.74, 6) is -0.366. The summed E-state index contributed by atoms with van der Waals surface area (Å²) >= 11 is 5.92. The first-order valence-electron chi connectivity index (χ1n) is 5.97. The smallest absolute Gasteiger partial charge is 0.321 e. The van der Waals surface area contributed by atoms with Crippen molar-refractivity contribution >= 4 is 27.6 Å². The van der Waals surface area contributed by atoms with Gasteiger partial charge in [-0.3, -0.25) is 4.79 Å². The van der Waals surface area contributed by atoms with Gasteiger partial charge in [0.1, 0.15) is 12.3 Å². The van der Waals surface area contributed by atoms with Crippen LogP contribution in [-0.2, 0) is 24.3 Å². The maximum Gasteiger partial charge on any atom is 0.321 e. The predicted molar refractivity (Wildman–Crippen MR) is 75.8 cm³/mol. The summed E-state index contributed by atoms with van der Waals surface area (Å²) in [6, 6.07) is 3.94. The van der Waals surface area contributed by atoms with Gasteiger partial charge in [-0.1, -0.05) is 11.6 Å². The number of carbonyl (C=O) groups is 1. The molecule has 1 aromatic carbocycles. The van der Waals surface area contributed by atoms with E-state index in [0.717, 1.165) is 0 Å². The molecule has 0 spiro atoms. The van der Waals surface area contributed by atoms with Crippen LogP contribution in [0.4, 0.5) is 0 Å². The summed E-state index contributed by atoms with van der Waals surface area (Å²) in [7, 11) is -2.41. The van der Waals surface area contributed by atoms with Crippen molar-refractivity contribution < 1.29 is 27.4 Å². The number of ether oxygens (including phenoxy) is 3. The van der Waals surface area contributed by atoms with Crippen LogP contribution >= 0.6 is 11.6 Å². The summed E-state index contributed by atoms with van der Waals surface area (Å²) in [6.45, 7) is 1.35. The lowest BCUT2D eigenvalue weighted by atomic mass is 10.3. The van der Waals surface area contributed by atoms with E-state index in [-0.39, 0.29) is 23.3 Å². The quantitative estimate of drug-likeness (QED) is 0.565. The molecule has 1 aromatic rings. The second-order valence-electron chi connectivity index (χ2n) is 3.77. The number of carbonyl (C=O) groups excluding carboxylic acids is 1. The lowest BCUT2D eigenvalue weighted by Crippen LogP contribution is -2.30. The highest BCUT2D eigenvalue weighted by Gasteiger charge is 2.17. The highest BCUT2D eigenvalue weighted by molar-refractivity contribution is 7.89. The molecule has 0 aliphatic carbocycles. The van der Waals surface area contributed by atoms with E-state index in [9.17, 15) is 13.2 Å². The Labute approximate surface area is 128 Å². The first-order chi connectivity index (χ1) is 9.90. The number of nitrogens with one attached hydrogen (secondary N) is 1. The van der Waals surface area contributed by atoms with Crippen molar-refractivity contribution in [2.24, 2.45) is 0 Å². The summed E-state index contributed by atoms with van der Waals surface area (Å²) in [5.41, 5.74) is 0. The molecule has 0 aliphatic rings. The molecule has 0 fully saturated rings. The molecule has 1 N–H and O–H groups in total. The van der Waals surface area contributed by atoms with Crippen LogP contribution in [0.15, 0.2) is 23.1 Å². The summed E-state index contributed by atoms with van der Waals surface area (Å²) in [4.78, 5) is 11.1. The van der Waals surface area contributed by atoms with Gasteiger partial charge in [-0.2, -0.15) is 4.72 Å². The molecule has 0 amide bonds. The molecule has 0 aromatic heterocycles. The maximum atomic E-state index is 12.0. The average Bonchev–Trinajstić information content (AvgIpc) is 2.44. The Kier molecular flexibility index (Phi) is 6.90. The van der Waals surface area contributed by atoms with Crippen LogP contribution in [0.2, 0.25) is 5.02 Å². The molecule has 0 heterocycles. The largest absolute Gasteiger partial charge is 0.466 e. The van der Waals surface area contributed by atoms with Crippen molar-refractivity contribution in [3.8, 4) is 5.75 Å². The Hall–Kier alpha value is -1.35. The first kappa shape index (κ1) is 17.7. The van der Waals surface area contributed by atoms with Crippen LogP contribution in [0.3, 0.4) is 0 Å². The van der Waals surface area contributed by atoms with Gasteiger partial charge in [-0.15, -0.1) is 0 Å². The number of methoxy groups -OCH3 is 1. The van der Waals surface area contributed by atoms with Crippen molar-refractivity contribution in [1.29, 1.82) is 0 Å². The lowest BCUT2D eigenvalue weighted by Gasteiger charge is -2.10. The molecule has 21 heavy (non-hydrogen) atoms. The van der Waals surface area contributed by atoms with Crippen LogP contribution in [0, 0.1) is 0 Å². The van der Waals surface area contributed by atoms with Gasteiger partial charge in [0.05, 0.1) is 16.5 Å². The molecule has 0 atom stereocenters. The summed E-state index contributed by atoms with van der Waals surface area (Å²) in [6.07, 6.45) is 0. The SMILES string of the molecule is CCOC(=O)CNS(=O)(=O)c1ccc(OCOC)c(Cl)c1. The highest BCUT2D eigenvalue weighted by Crippen LogP contribution is 2.27. The van der Waals surface area contributed by atoms with Crippen LogP contribution < -0.4 is 9.46 Å². The van der Waals surface area contributed by atoms with Gasteiger partial charge in [0.15, 0.2) is 6.79 Å². The third kappa shape index (κ3) is 5.50. The van der Waals surface area contributed by atoms with E-state index in [1.807, 2.05) is 0 Å². The van der Waals surface area contributed by atoms with E-state index in [1.54, 1.807) is 6.92 Å². The van der Waals surface area contributed by atoms with Crippen molar-refractivity contribution in [3.05, 3.63) is 23.2 Å². The topological polar surface area (TPSA) is 90.9 Å².